The number of anilines is 2. The normalized spacial score (nSPS) is 10.4. The van der Waals surface area contributed by atoms with Crippen LogP contribution in [0.15, 0.2) is 90.3 Å². The molecule has 0 saturated heterocycles. The predicted octanol–water partition coefficient (Wildman–Crippen LogP) is 5.50. The van der Waals surface area contributed by atoms with Crippen LogP contribution < -0.4 is 15.8 Å². The Morgan fingerprint density at radius 3 is 2.19 bits per heavy atom. The lowest BCUT2D eigenvalue weighted by molar-refractivity contribution is 0.0951. The SMILES string of the molecule is Cc1ccc(C(=O)NN(C(=O)Nc2ccccc2)c2nc(-c3ccccc3)cs2)cc1. The summed E-state index contributed by atoms with van der Waals surface area (Å²) < 4.78 is 0. The molecule has 0 saturated carbocycles. The molecule has 3 amide bonds. The number of rotatable bonds is 4. The standard InChI is InChI=1S/C24H20N4O2S/c1-17-12-14-19(15-13-17)22(29)27-28(23(30)25-20-10-6-3-7-11-20)24-26-21(16-31-24)18-8-4-2-5-9-18/h2-16H,1H3,(H,25,30)(H,27,29). The Labute approximate surface area is 184 Å². The molecule has 7 heteroatoms. The molecule has 3 aromatic carbocycles. The number of aromatic nitrogens is 1. The van der Waals surface area contributed by atoms with Gasteiger partial charge in [0.1, 0.15) is 0 Å². The van der Waals surface area contributed by atoms with Crippen LogP contribution in [0, 0.1) is 6.92 Å². The summed E-state index contributed by atoms with van der Waals surface area (Å²) in [4.78, 5) is 30.4. The van der Waals surface area contributed by atoms with Gasteiger partial charge in [-0.05, 0) is 31.2 Å². The van der Waals surface area contributed by atoms with E-state index in [1.165, 1.54) is 11.3 Å². The molecule has 1 heterocycles. The third-order valence-corrected chi connectivity index (χ3v) is 5.33. The summed E-state index contributed by atoms with van der Waals surface area (Å²) in [5.41, 5.74) is 6.44. The molecular weight excluding hydrogens is 408 g/mol. The van der Waals surface area contributed by atoms with Gasteiger partial charge in [0, 0.05) is 22.2 Å². The molecule has 2 N–H and O–H groups in total. The van der Waals surface area contributed by atoms with E-state index < -0.39 is 11.9 Å². The summed E-state index contributed by atoms with van der Waals surface area (Å²) in [7, 11) is 0. The topological polar surface area (TPSA) is 74.3 Å². The van der Waals surface area contributed by atoms with Gasteiger partial charge >= 0.3 is 6.03 Å². The number of nitrogens with zero attached hydrogens (tertiary/aromatic N) is 2. The highest BCUT2D eigenvalue weighted by Crippen LogP contribution is 2.27. The van der Waals surface area contributed by atoms with Gasteiger partial charge in [-0.3, -0.25) is 10.2 Å². The minimum absolute atomic E-state index is 0.354. The number of para-hydroxylation sites is 1. The van der Waals surface area contributed by atoms with Crippen LogP contribution in [0.25, 0.3) is 11.3 Å². The lowest BCUT2D eigenvalue weighted by Crippen LogP contribution is -2.48. The molecule has 31 heavy (non-hydrogen) atoms. The number of aryl methyl sites for hydroxylation is 1. The Morgan fingerprint density at radius 1 is 0.871 bits per heavy atom. The van der Waals surface area contributed by atoms with E-state index in [0.29, 0.717) is 16.4 Å². The molecule has 0 aliphatic heterocycles. The fourth-order valence-corrected chi connectivity index (χ4v) is 3.66. The molecule has 4 aromatic rings. The fourth-order valence-electron chi connectivity index (χ4n) is 2.87. The van der Waals surface area contributed by atoms with E-state index in [1.807, 2.05) is 73.0 Å². The van der Waals surface area contributed by atoms with Crippen molar-refractivity contribution >= 4 is 34.1 Å². The molecule has 4 rings (SSSR count). The first kappa shape index (κ1) is 20.3. The van der Waals surface area contributed by atoms with E-state index in [-0.39, 0.29) is 0 Å². The highest BCUT2D eigenvalue weighted by Gasteiger charge is 2.23. The van der Waals surface area contributed by atoms with Crippen molar-refractivity contribution in [3.8, 4) is 11.3 Å². The lowest BCUT2D eigenvalue weighted by atomic mass is 10.1. The van der Waals surface area contributed by atoms with Crippen LogP contribution in [0.1, 0.15) is 15.9 Å². The third-order valence-electron chi connectivity index (χ3n) is 4.51. The molecule has 154 valence electrons. The second kappa shape index (κ2) is 9.23. The van der Waals surface area contributed by atoms with Gasteiger partial charge in [0.05, 0.1) is 5.69 Å². The maximum atomic E-state index is 13.0. The largest absolute Gasteiger partial charge is 0.347 e. The zero-order valence-corrected chi connectivity index (χ0v) is 17.6. The van der Waals surface area contributed by atoms with Crippen molar-refractivity contribution in [1.82, 2.24) is 10.4 Å². The summed E-state index contributed by atoms with van der Waals surface area (Å²) in [5.74, 6) is -0.403. The number of hydrogen-bond donors (Lipinski definition) is 2. The molecule has 0 bridgehead atoms. The Bertz CT molecular complexity index is 1180. The second-order valence-electron chi connectivity index (χ2n) is 6.82. The first-order chi connectivity index (χ1) is 15.1. The van der Waals surface area contributed by atoms with Crippen LogP contribution in [0.2, 0.25) is 0 Å². The third kappa shape index (κ3) is 4.96. The van der Waals surface area contributed by atoms with Crippen LogP contribution >= 0.6 is 11.3 Å². The van der Waals surface area contributed by atoms with E-state index in [9.17, 15) is 9.59 Å². The molecule has 1 aromatic heterocycles. The van der Waals surface area contributed by atoms with E-state index in [0.717, 1.165) is 21.8 Å². The monoisotopic (exact) mass is 428 g/mol. The van der Waals surface area contributed by atoms with Crippen molar-refractivity contribution in [2.75, 3.05) is 10.3 Å². The number of hydrazine groups is 1. The van der Waals surface area contributed by atoms with E-state index in [1.54, 1.807) is 24.3 Å². The number of amides is 3. The molecule has 0 atom stereocenters. The number of carbonyl (C=O) groups is 2. The Balaban J connectivity index is 1.62. The van der Waals surface area contributed by atoms with Crippen LogP contribution in [-0.2, 0) is 0 Å². The summed E-state index contributed by atoms with van der Waals surface area (Å²) in [5, 5.41) is 6.15. The van der Waals surface area contributed by atoms with Crippen molar-refractivity contribution in [1.29, 1.82) is 0 Å². The first-order valence-electron chi connectivity index (χ1n) is 9.65. The van der Waals surface area contributed by atoms with E-state index >= 15 is 0 Å². The summed E-state index contributed by atoms with van der Waals surface area (Å²) in [6.07, 6.45) is 0. The fraction of sp³-hybridized carbons (Fsp3) is 0.0417. The molecule has 0 spiro atoms. The van der Waals surface area contributed by atoms with Crippen molar-refractivity contribution in [3.63, 3.8) is 0 Å². The van der Waals surface area contributed by atoms with E-state index in [2.05, 4.69) is 15.7 Å². The minimum atomic E-state index is -0.513. The van der Waals surface area contributed by atoms with Gasteiger partial charge in [-0.2, -0.15) is 5.01 Å². The van der Waals surface area contributed by atoms with Gasteiger partial charge in [0.25, 0.3) is 5.91 Å². The van der Waals surface area contributed by atoms with Gasteiger partial charge < -0.3 is 5.32 Å². The molecule has 0 unspecified atom stereocenters. The summed E-state index contributed by atoms with van der Waals surface area (Å²) >= 11 is 1.27. The number of carbonyl (C=O) groups excluding carboxylic acids is 2. The smallest absolute Gasteiger partial charge is 0.306 e. The van der Waals surface area contributed by atoms with Gasteiger partial charge in [-0.1, -0.05) is 66.2 Å². The number of hydrogen-bond acceptors (Lipinski definition) is 4. The summed E-state index contributed by atoms with van der Waals surface area (Å²) in [6, 6.07) is 25.3. The molecule has 0 radical (unpaired) electrons. The average Bonchev–Trinajstić information content (AvgIpc) is 3.29. The number of thiazole rings is 1. The summed E-state index contributed by atoms with van der Waals surface area (Å²) in [6.45, 7) is 1.95. The Hall–Kier alpha value is -3.97. The van der Waals surface area contributed by atoms with Gasteiger partial charge in [-0.15, -0.1) is 11.3 Å². The van der Waals surface area contributed by atoms with Crippen molar-refractivity contribution in [3.05, 3.63) is 101 Å². The Morgan fingerprint density at radius 2 is 1.52 bits per heavy atom. The zero-order chi connectivity index (χ0) is 21.6. The van der Waals surface area contributed by atoms with Gasteiger partial charge in [0.2, 0.25) is 5.13 Å². The van der Waals surface area contributed by atoms with Crippen LogP contribution in [-0.4, -0.2) is 16.9 Å². The van der Waals surface area contributed by atoms with Gasteiger partial charge in [-0.25, -0.2) is 9.78 Å². The molecule has 0 aliphatic rings. The number of nitrogens with one attached hydrogen (secondary N) is 2. The maximum Gasteiger partial charge on any atom is 0.347 e. The van der Waals surface area contributed by atoms with Crippen LogP contribution in [0.3, 0.4) is 0 Å². The molecule has 0 fully saturated rings. The van der Waals surface area contributed by atoms with Crippen molar-refractivity contribution < 1.29 is 9.59 Å². The number of benzene rings is 3. The lowest BCUT2D eigenvalue weighted by Gasteiger charge is -2.21. The zero-order valence-electron chi connectivity index (χ0n) is 16.8. The highest BCUT2D eigenvalue weighted by atomic mass is 32.1. The van der Waals surface area contributed by atoms with Crippen LogP contribution in [0.5, 0.6) is 0 Å². The maximum absolute atomic E-state index is 13.0. The Kier molecular flexibility index (Phi) is 6.05. The second-order valence-corrected chi connectivity index (χ2v) is 7.66. The highest BCUT2D eigenvalue weighted by molar-refractivity contribution is 7.14. The van der Waals surface area contributed by atoms with Crippen LogP contribution in [0.4, 0.5) is 15.6 Å². The molecule has 6 nitrogen and oxygen atoms in total. The number of urea groups is 1. The van der Waals surface area contributed by atoms with Crippen molar-refractivity contribution in [2.45, 2.75) is 6.92 Å². The minimum Gasteiger partial charge on any atom is -0.306 e. The van der Waals surface area contributed by atoms with Gasteiger partial charge in [0.15, 0.2) is 0 Å². The van der Waals surface area contributed by atoms with Crippen molar-refractivity contribution in [2.24, 2.45) is 0 Å². The van der Waals surface area contributed by atoms with E-state index in [4.69, 9.17) is 0 Å². The quantitative estimate of drug-likeness (QED) is 0.421. The predicted molar refractivity (Wildman–Crippen MR) is 124 cm³/mol. The first-order valence-corrected chi connectivity index (χ1v) is 10.5. The average molecular weight is 429 g/mol. The molecule has 0 aliphatic carbocycles. The molecular formula is C24H20N4O2S.